The standard InChI is InChI=1S/C9H15N3O2/c1-6(10)3-9(13)11-5-8-4-7(2)12-14-8/h4,6H,3,5,10H2,1-2H3,(H,11,13). The average Bonchev–Trinajstić information content (AvgIpc) is 2.47. The molecule has 0 fully saturated rings. The number of nitrogens with zero attached hydrogens (tertiary/aromatic N) is 1. The molecule has 0 aliphatic heterocycles. The highest BCUT2D eigenvalue weighted by atomic mass is 16.5. The van der Waals surface area contributed by atoms with E-state index in [-0.39, 0.29) is 11.9 Å². The molecule has 5 heteroatoms. The number of amides is 1. The molecule has 1 aromatic heterocycles. The molecule has 0 aromatic carbocycles. The molecule has 0 radical (unpaired) electrons. The van der Waals surface area contributed by atoms with Crippen LogP contribution in [0.25, 0.3) is 0 Å². The van der Waals surface area contributed by atoms with E-state index in [4.69, 9.17) is 10.3 Å². The summed E-state index contributed by atoms with van der Waals surface area (Å²) in [5.41, 5.74) is 6.28. The van der Waals surface area contributed by atoms with Gasteiger partial charge in [0.05, 0.1) is 12.2 Å². The number of nitrogens with one attached hydrogen (secondary N) is 1. The van der Waals surface area contributed by atoms with Gasteiger partial charge in [-0.1, -0.05) is 5.16 Å². The molecule has 1 rings (SSSR count). The van der Waals surface area contributed by atoms with Gasteiger partial charge >= 0.3 is 0 Å². The summed E-state index contributed by atoms with van der Waals surface area (Å²) < 4.78 is 4.92. The Kier molecular flexibility index (Phi) is 3.64. The van der Waals surface area contributed by atoms with Crippen molar-refractivity contribution in [1.82, 2.24) is 10.5 Å². The maximum absolute atomic E-state index is 11.2. The molecule has 1 atom stereocenters. The van der Waals surface area contributed by atoms with Gasteiger partial charge in [0.25, 0.3) is 0 Å². The highest BCUT2D eigenvalue weighted by Crippen LogP contribution is 2.01. The highest BCUT2D eigenvalue weighted by Gasteiger charge is 2.06. The third-order valence-corrected chi connectivity index (χ3v) is 1.64. The number of hydrogen-bond donors (Lipinski definition) is 2. The Bertz CT molecular complexity index is 307. The fourth-order valence-electron chi connectivity index (χ4n) is 1.05. The second-order valence-corrected chi connectivity index (χ2v) is 3.39. The lowest BCUT2D eigenvalue weighted by atomic mass is 10.2. The first-order valence-corrected chi connectivity index (χ1v) is 4.52. The minimum absolute atomic E-state index is 0.0750. The summed E-state index contributed by atoms with van der Waals surface area (Å²) in [7, 11) is 0. The van der Waals surface area contributed by atoms with Crippen LogP contribution in [0, 0.1) is 6.92 Å². The van der Waals surface area contributed by atoms with Crippen molar-refractivity contribution in [2.75, 3.05) is 0 Å². The van der Waals surface area contributed by atoms with Crippen LogP contribution < -0.4 is 11.1 Å². The first kappa shape index (κ1) is 10.7. The van der Waals surface area contributed by atoms with Gasteiger partial charge in [-0.3, -0.25) is 4.79 Å². The molecule has 5 nitrogen and oxygen atoms in total. The van der Waals surface area contributed by atoms with E-state index in [1.807, 2.05) is 6.92 Å². The monoisotopic (exact) mass is 197 g/mol. The zero-order valence-corrected chi connectivity index (χ0v) is 8.41. The Balaban J connectivity index is 2.30. The Labute approximate surface area is 82.6 Å². The predicted octanol–water partition coefficient (Wildman–Crippen LogP) is 0.337. The molecule has 0 saturated carbocycles. The lowest BCUT2D eigenvalue weighted by Crippen LogP contribution is -2.29. The summed E-state index contributed by atoms with van der Waals surface area (Å²) in [4.78, 5) is 11.2. The topological polar surface area (TPSA) is 81.2 Å². The first-order valence-electron chi connectivity index (χ1n) is 4.52. The number of carbonyl (C=O) groups excluding carboxylic acids is 1. The van der Waals surface area contributed by atoms with E-state index < -0.39 is 0 Å². The molecule has 0 aliphatic rings. The van der Waals surface area contributed by atoms with Crippen molar-refractivity contribution in [2.24, 2.45) is 5.73 Å². The van der Waals surface area contributed by atoms with Gasteiger partial charge < -0.3 is 15.6 Å². The van der Waals surface area contributed by atoms with Crippen molar-refractivity contribution >= 4 is 5.91 Å². The Morgan fingerprint density at radius 2 is 2.50 bits per heavy atom. The van der Waals surface area contributed by atoms with Crippen molar-refractivity contribution in [3.8, 4) is 0 Å². The largest absolute Gasteiger partial charge is 0.359 e. The summed E-state index contributed by atoms with van der Waals surface area (Å²) in [5.74, 6) is 0.578. The van der Waals surface area contributed by atoms with E-state index in [0.717, 1.165) is 5.69 Å². The molecule has 14 heavy (non-hydrogen) atoms. The fourth-order valence-corrected chi connectivity index (χ4v) is 1.05. The van der Waals surface area contributed by atoms with Crippen LogP contribution in [-0.2, 0) is 11.3 Å². The molecule has 0 bridgehead atoms. The number of rotatable bonds is 4. The van der Waals surface area contributed by atoms with E-state index in [1.165, 1.54) is 0 Å². The van der Waals surface area contributed by atoms with Gasteiger partial charge in [0.15, 0.2) is 5.76 Å². The number of hydrogen-bond acceptors (Lipinski definition) is 4. The molecule has 1 amide bonds. The van der Waals surface area contributed by atoms with Crippen molar-refractivity contribution in [3.05, 3.63) is 17.5 Å². The van der Waals surface area contributed by atoms with Gasteiger partial charge in [-0.05, 0) is 13.8 Å². The average molecular weight is 197 g/mol. The molecule has 1 unspecified atom stereocenters. The lowest BCUT2D eigenvalue weighted by Gasteiger charge is -2.04. The smallest absolute Gasteiger partial charge is 0.221 e. The maximum atomic E-state index is 11.2. The van der Waals surface area contributed by atoms with Crippen LogP contribution in [0.3, 0.4) is 0 Å². The summed E-state index contributed by atoms with van der Waals surface area (Å²) in [5, 5.41) is 6.40. The van der Waals surface area contributed by atoms with Crippen molar-refractivity contribution < 1.29 is 9.32 Å². The molecule has 1 heterocycles. The van der Waals surface area contributed by atoms with E-state index in [1.54, 1.807) is 13.0 Å². The SMILES string of the molecule is Cc1cc(CNC(=O)CC(C)N)on1. The van der Waals surface area contributed by atoms with Crippen LogP contribution in [0.1, 0.15) is 24.8 Å². The zero-order valence-electron chi connectivity index (χ0n) is 8.41. The van der Waals surface area contributed by atoms with Gasteiger partial charge in [-0.25, -0.2) is 0 Å². The van der Waals surface area contributed by atoms with E-state index in [2.05, 4.69) is 10.5 Å². The number of aromatic nitrogens is 1. The van der Waals surface area contributed by atoms with Gasteiger partial charge in [-0.15, -0.1) is 0 Å². The van der Waals surface area contributed by atoms with Gasteiger partial charge in [0.2, 0.25) is 5.91 Å². The molecule has 0 spiro atoms. The van der Waals surface area contributed by atoms with E-state index >= 15 is 0 Å². The molecular weight excluding hydrogens is 182 g/mol. The fraction of sp³-hybridized carbons (Fsp3) is 0.556. The first-order chi connectivity index (χ1) is 6.58. The molecule has 0 aliphatic carbocycles. The minimum Gasteiger partial charge on any atom is -0.359 e. The normalized spacial score (nSPS) is 12.5. The lowest BCUT2D eigenvalue weighted by molar-refractivity contribution is -0.121. The number of nitrogens with two attached hydrogens (primary N) is 1. The molecule has 1 aromatic rings. The van der Waals surface area contributed by atoms with E-state index in [0.29, 0.717) is 18.7 Å². The second-order valence-electron chi connectivity index (χ2n) is 3.39. The van der Waals surface area contributed by atoms with Gasteiger partial charge in [0.1, 0.15) is 0 Å². The Morgan fingerprint density at radius 1 is 1.79 bits per heavy atom. The molecule has 0 saturated heterocycles. The quantitative estimate of drug-likeness (QED) is 0.729. The van der Waals surface area contributed by atoms with Crippen LogP contribution in [0.15, 0.2) is 10.6 Å². The maximum Gasteiger partial charge on any atom is 0.221 e. The summed E-state index contributed by atoms with van der Waals surface area (Å²) in [6.45, 7) is 3.99. The predicted molar refractivity (Wildman–Crippen MR) is 51.4 cm³/mol. The van der Waals surface area contributed by atoms with Gasteiger partial charge in [0, 0.05) is 18.5 Å². The van der Waals surface area contributed by atoms with E-state index in [9.17, 15) is 4.79 Å². The highest BCUT2D eigenvalue weighted by molar-refractivity contribution is 5.76. The molecule has 78 valence electrons. The second kappa shape index (κ2) is 4.76. The molecule has 3 N–H and O–H groups in total. The number of carbonyl (C=O) groups is 1. The van der Waals surface area contributed by atoms with Crippen LogP contribution in [-0.4, -0.2) is 17.1 Å². The van der Waals surface area contributed by atoms with Crippen molar-refractivity contribution in [3.63, 3.8) is 0 Å². The third-order valence-electron chi connectivity index (χ3n) is 1.64. The van der Waals surface area contributed by atoms with Gasteiger partial charge in [-0.2, -0.15) is 0 Å². The van der Waals surface area contributed by atoms with Crippen LogP contribution in [0.4, 0.5) is 0 Å². The van der Waals surface area contributed by atoms with Crippen molar-refractivity contribution in [1.29, 1.82) is 0 Å². The van der Waals surface area contributed by atoms with Crippen molar-refractivity contribution in [2.45, 2.75) is 32.9 Å². The summed E-state index contributed by atoms with van der Waals surface area (Å²) in [6.07, 6.45) is 0.327. The summed E-state index contributed by atoms with van der Waals surface area (Å²) >= 11 is 0. The summed E-state index contributed by atoms with van der Waals surface area (Å²) in [6, 6.07) is 1.66. The minimum atomic E-state index is -0.119. The Morgan fingerprint density at radius 3 is 3.00 bits per heavy atom. The van der Waals surface area contributed by atoms with Crippen LogP contribution in [0.2, 0.25) is 0 Å². The third kappa shape index (κ3) is 3.57. The van der Waals surface area contributed by atoms with Crippen LogP contribution >= 0.6 is 0 Å². The zero-order chi connectivity index (χ0) is 10.6. The Hall–Kier alpha value is -1.36. The van der Waals surface area contributed by atoms with Crippen LogP contribution in [0.5, 0.6) is 0 Å². The number of aryl methyl sites for hydroxylation is 1. The molecular formula is C9H15N3O2.